The second-order valence-electron chi connectivity index (χ2n) is 4.87. The molecular weight excluding hydrogens is 254 g/mol. The monoisotopic (exact) mass is 271 g/mol. The van der Waals surface area contributed by atoms with Gasteiger partial charge in [0.2, 0.25) is 0 Å². The standard InChI is InChI=1S/C15H17N3O2/c1-17-11-13(12-3-2-4-16-10-12)9-14(15(17)19)18-5-7-20-8-6-18/h2-4,9-11H,5-8H2,1H3. The number of ether oxygens (including phenoxy) is 1. The maximum absolute atomic E-state index is 12.3. The molecule has 0 aromatic carbocycles. The van der Waals surface area contributed by atoms with Crippen molar-refractivity contribution in [3.63, 3.8) is 0 Å². The highest BCUT2D eigenvalue weighted by molar-refractivity contribution is 5.66. The van der Waals surface area contributed by atoms with E-state index in [4.69, 9.17) is 4.74 Å². The zero-order valence-corrected chi connectivity index (χ0v) is 11.5. The highest BCUT2D eigenvalue weighted by Crippen LogP contribution is 2.21. The van der Waals surface area contributed by atoms with Gasteiger partial charge >= 0.3 is 0 Å². The van der Waals surface area contributed by atoms with E-state index in [2.05, 4.69) is 9.88 Å². The van der Waals surface area contributed by atoms with E-state index in [1.807, 2.05) is 30.6 Å². The first-order valence-corrected chi connectivity index (χ1v) is 6.69. The van der Waals surface area contributed by atoms with Gasteiger partial charge in [-0.25, -0.2) is 0 Å². The van der Waals surface area contributed by atoms with Crippen molar-refractivity contribution >= 4 is 5.69 Å². The third kappa shape index (κ3) is 2.44. The first kappa shape index (κ1) is 12.9. The van der Waals surface area contributed by atoms with Crippen LogP contribution in [0.15, 0.2) is 41.6 Å². The lowest BCUT2D eigenvalue weighted by molar-refractivity contribution is 0.122. The van der Waals surface area contributed by atoms with Crippen molar-refractivity contribution in [2.24, 2.45) is 7.05 Å². The fraction of sp³-hybridized carbons (Fsp3) is 0.333. The Balaban J connectivity index is 2.06. The van der Waals surface area contributed by atoms with Gasteiger partial charge in [0.25, 0.3) is 5.56 Å². The van der Waals surface area contributed by atoms with Gasteiger partial charge < -0.3 is 14.2 Å². The Morgan fingerprint density at radius 1 is 1.25 bits per heavy atom. The summed E-state index contributed by atoms with van der Waals surface area (Å²) in [7, 11) is 1.78. The Morgan fingerprint density at radius 2 is 2.05 bits per heavy atom. The molecule has 20 heavy (non-hydrogen) atoms. The SMILES string of the molecule is Cn1cc(-c2cccnc2)cc(N2CCOCC2)c1=O. The van der Waals surface area contributed by atoms with Gasteiger partial charge in [0.15, 0.2) is 0 Å². The molecule has 0 radical (unpaired) electrons. The molecule has 5 heteroatoms. The van der Waals surface area contributed by atoms with Crippen LogP contribution in [-0.4, -0.2) is 35.9 Å². The summed E-state index contributed by atoms with van der Waals surface area (Å²) in [4.78, 5) is 18.5. The van der Waals surface area contributed by atoms with E-state index in [0.29, 0.717) is 13.2 Å². The smallest absolute Gasteiger partial charge is 0.273 e. The Labute approximate surface area is 117 Å². The maximum atomic E-state index is 12.3. The van der Waals surface area contributed by atoms with Gasteiger partial charge in [-0.15, -0.1) is 0 Å². The lowest BCUT2D eigenvalue weighted by atomic mass is 10.1. The van der Waals surface area contributed by atoms with Crippen molar-refractivity contribution in [3.05, 3.63) is 47.1 Å². The average Bonchev–Trinajstić information content (AvgIpc) is 2.51. The normalized spacial score (nSPS) is 15.3. The first-order chi connectivity index (χ1) is 9.75. The number of morpholine rings is 1. The number of nitrogens with zero attached hydrogens (tertiary/aromatic N) is 3. The number of aryl methyl sites for hydroxylation is 1. The van der Waals surface area contributed by atoms with Crippen molar-refractivity contribution in [1.29, 1.82) is 0 Å². The number of anilines is 1. The second kappa shape index (κ2) is 5.46. The quantitative estimate of drug-likeness (QED) is 0.825. The highest BCUT2D eigenvalue weighted by atomic mass is 16.5. The minimum atomic E-state index is 0.0274. The summed E-state index contributed by atoms with van der Waals surface area (Å²) in [6.07, 6.45) is 5.40. The topological polar surface area (TPSA) is 47.4 Å². The molecule has 1 saturated heterocycles. The van der Waals surface area contributed by atoms with Crippen LogP contribution in [0.1, 0.15) is 0 Å². The van der Waals surface area contributed by atoms with Crippen LogP contribution in [0.2, 0.25) is 0 Å². The summed E-state index contributed by atoms with van der Waals surface area (Å²) >= 11 is 0. The average molecular weight is 271 g/mol. The Hall–Kier alpha value is -2.14. The molecule has 3 heterocycles. The maximum Gasteiger partial charge on any atom is 0.273 e. The molecule has 0 bridgehead atoms. The van der Waals surface area contributed by atoms with E-state index < -0.39 is 0 Å². The zero-order chi connectivity index (χ0) is 13.9. The predicted molar refractivity (Wildman–Crippen MR) is 77.9 cm³/mol. The molecule has 0 spiro atoms. The molecule has 0 unspecified atom stereocenters. The summed E-state index contributed by atoms with van der Waals surface area (Å²) in [6, 6.07) is 5.84. The van der Waals surface area contributed by atoms with Crippen molar-refractivity contribution in [2.45, 2.75) is 0 Å². The summed E-state index contributed by atoms with van der Waals surface area (Å²) in [5, 5.41) is 0. The zero-order valence-electron chi connectivity index (χ0n) is 11.5. The van der Waals surface area contributed by atoms with E-state index in [-0.39, 0.29) is 5.56 Å². The van der Waals surface area contributed by atoms with Crippen LogP contribution < -0.4 is 10.5 Å². The van der Waals surface area contributed by atoms with E-state index in [0.717, 1.165) is 29.9 Å². The minimum absolute atomic E-state index is 0.0274. The number of hydrogen-bond donors (Lipinski definition) is 0. The molecule has 1 aliphatic heterocycles. The molecule has 5 nitrogen and oxygen atoms in total. The van der Waals surface area contributed by atoms with Gasteiger partial charge in [-0.2, -0.15) is 0 Å². The number of hydrogen-bond acceptors (Lipinski definition) is 4. The van der Waals surface area contributed by atoms with Crippen molar-refractivity contribution in [2.75, 3.05) is 31.2 Å². The number of rotatable bonds is 2. The lowest BCUT2D eigenvalue weighted by Gasteiger charge is -2.28. The Morgan fingerprint density at radius 3 is 2.75 bits per heavy atom. The molecule has 3 rings (SSSR count). The molecule has 0 atom stereocenters. The van der Waals surface area contributed by atoms with Crippen LogP contribution in [0.4, 0.5) is 5.69 Å². The highest BCUT2D eigenvalue weighted by Gasteiger charge is 2.16. The summed E-state index contributed by atoms with van der Waals surface area (Å²) < 4.78 is 6.98. The van der Waals surface area contributed by atoms with E-state index in [1.165, 1.54) is 0 Å². The van der Waals surface area contributed by atoms with E-state index >= 15 is 0 Å². The molecule has 0 N–H and O–H groups in total. The van der Waals surface area contributed by atoms with Crippen LogP contribution >= 0.6 is 0 Å². The van der Waals surface area contributed by atoms with Crippen molar-refractivity contribution < 1.29 is 4.74 Å². The fourth-order valence-electron chi connectivity index (χ4n) is 2.42. The van der Waals surface area contributed by atoms with Crippen LogP contribution in [0.25, 0.3) is 11.1 Å². The van der Waals surface area contributed by atoms with Gasteiger partial charge in [-0.3, -0.25) is 9.78 Å². The molecule has 0 amide bonds. The molecule has 1 fully saturated rings. The molecular formula is C15H17N3O2. The van der Waals surface area contributed by atoms with Crippen molar-refractivity contribution in [1.82, 2.24) is 9.55 Å². The molecule has 0 aliphatic carbocycles. The number of aromatic nitrogens is 2. The van der Waals surface area contributed by atoms with Crippen LogP contribution in [0.5, 0.6) is 0 Å². The van der Waals surface area contributed by atoms with Crippen LogP contribution in [0, 0.1) is 0 Å². The molecule has 104 valence electrons. The van der Waals surface area contributed by atoms with Gasteiger partial charge in [0.1, 0.15) is 5.69 Å². The predicted octanol–water partition coefficient (Wildman–Crippen LogP) is 1.28. The second-order valence-corrected chi connectivity index (χ2v) is 4.87. The molecule has 0 saturated carbocycles. The lowest BCUT2D eigenvalue weighted by Crippen LogP contribution is -2.40. The van der Waals surface area contributed by atoms with Gasteiger partial charge in [-0.05, 0) is 12.1 Å². The Kier molecular flexibility index (Phi) is 3.52. The van der Waals surface area contributed by atoms with Gasteiger partial charge in [-0.1, -0.05) is 6.07 Å². The molecule has 2 aromatic heterocycles. The van der Waals surface area contributed by atoms with Crippen LogP contribution in [0.3, 0.4) is 0 Å². The van der Waals surface area contributed by atoms with Gasteiger partial charge in [0, 0.05) is 49.9 Å². The van der Waals surface area contributed by atoms with E-state index in [1.54, 1.807) is 17.8 Å². The fourth-order valence-corrected chi connectivity index (χ4v) is 2.42. The summed E-state index contributed by atoms with van der Waals surface area (Å²) in [5.74, 6) is 0. The number of pyridine rings is 2. The van der Waals surface area contributed by atoms with Crippen LogP contribution in [-0.2, 0) is 11.8 Å². The first-order valence-electron chi connectivity index (χ1n) is 6.69. The molecule has 2 aromatic rings. The van der Waals surface area contributed by atoms with E-state index in [9.17, 15) is 4.79 Å². The molecule has 1 aliphatic rings. The summed E-state index contributed by atoms with van der Waals surface area (Å²) in [6.45, 7) is 2.85. The Bertz CT molecular complexity index is 646. The minimum Gasteiger partial charge on any atom is -0.378 e. The third-order valence-corrected chi connectivity index (χ3v) is 3.51. The van der Waals surface area contributed by atoms with Crippen molar-refractivity contribution in [3.8, 4) is 11.1 Å². The summed E-state index contributed by atoms with van der Waals surface area (Å²) in [5.41, 5.74) is 2.77. The largest absolute Gasteiger partial charge is 0.378 e. The van der Waals surface area contributed by atoms with Gasteiger partial charge in [0.05, 0.1) is 13.2 Å². The third-order valence-electron chi connectivity index (χ3n) is 3.51.